The summed E-state index contributed by atoms with van der Waals surface area (Å²) < 4.78 is 0. The topological polar surface area (TPSA) is 40.5 Å². The molecule has 0 aromatic carbocycles. The maximum absolute atomic E-state index is 9.08. The third-order valence-corrected chi connectivity index (χ3v) is 1.71. The first kappa shape index (κ1) is 7.03. The van der Waals surface area contributed by atoms with Crippen LogP contribution in [0.25, 0.3) is 0 Å². The van der Waals surface area contributed by atoms with Gasteiger partial charge in [-0.15, -0.1) is 0 Å². The molecule has 0 heterocycles. The number of hydrogen-bond donors (Lipinski definition) is 2. The van der Waals surface area contributed by atoms with E-state index in [1.54, 1.807) is 0 Å². The standard InChI is InChI=1S/C7H13O2/c8-7(9)5-3-1-2-4-6-7/h3,8-9H,1-2,4-6H2. The molecule has 0 aromatic heterocycles. The Bertz CT molecular complexity index is 78.9. The lowest BCUT2D eigenvalue weighted by Gasteiger charge is -2.17. The molecule has 1 radical (unpaired) electrons. The van der Waals surface area contributed by atoms with E-state index in [1.807, 2.05) is 6.42 Å². The van der Waals surface area contributed by atoms with E-state index >= 15 is 0 Å². The van der Waals surface area contributed by atoms with Crippen LogP contribution in [0.2, 0.25) is 0 Å². The van der Waals surface area contributed by atoms with Gasteiger partial charge < -0.3 is 10.2 Å². The minimum Gasteiger partial charge on any atom is -0.366 e. The van der Waals surface area contributed by atoms with Gasteiger partial charge in [0.2, 0.25) is 0 Å². The number of rotatable bonds is 0. The zero-order valence-electron chi connectivity index (χ0n) is 5.51. The van der Waals surface area contributed by atoms with Crippen LogP contribution in [0.4, 0.5) is 0 Å². The lowest BCUT2D eigenvalue weighted by atomic mass is 10.1. The summed E-state index contributed by atoms with van der Waals surface area (Å²) in [5.41, 5.74) is 0. The van der Waals surface area contributed by atoms with Gasteiger partial charge in [0.25, 0.3) is 0 Å². The Morgan fingerprint density at radius 3 is 2.78 bits per heavy atom. The Balaban J connectivity index is 2.36. The fourth-order valence-electron chi connectivity index (χ4n) is 1.13. The molecule has 0 amide bonds. The van der Waals surface area contributed by atoms with Gasteiger partial charge in [-0.2, -0.15) is 0 Å². The molecule has 9 heavy (non-hydrogen) atoms. The van der Waals surface area contributed by atoms with E-state index in [4.69, 9.17) is 10.2 Å². The van der Waals surface area contributed by atoms with E-state index in [2.05, 4.69) is 0 Å². The maximum atomic E-state index is 9.08. The van der Waals surface area contributed by atoms with Crippen molar-refractivity contribution >= 4 is 0 Å². The van der Waals surface area contributed by atoms with Crippen LogP contribution in [0.15, 0.2) is 0 Å². The monoisotopic (exact) mass is 129 g/mol. The fourth-order valence-corrected chi connectivity index (χ4v) is 1.13. The van der Waals surface area contributed by atoms with Gasteiger partial charge in [-0.25, -0.2) is 0 Å². The van der Waals surface area contributed by atoms with Gasteiger partial charge in [-0.05, 0) is 19.3 Å². The van der Waals surface area contributed by atoms with Gasteiger partial charge in [0.15, 0.2) is 5.79 Å². The largest absolute Gasteiger partial charge is 0.366 e. The van der Waals surface area contributed by atoms with Gasteiger partial charge >= 0.3 is 0 Å². The zero-order chi connectivity index (χ0) is 6.74. The highest BCUT2D eigenvalue weighted by atomic mass is 16.5. The second-order valence-electron chi connectivity index (χ2n) is 2.72. The molecule has 2 N–H and O–H groups in total. The molecule has 1 aliphatic rings. The van der Waals surface area contributed by atoms with Crippen molar-refractivity contribution in [1.82, 2.24) is 0 Å². The molecule has 0 bridgehead atoms. The van der Waals surface area contributed by atoms with Gasteiger partial charge in [0.1, 0.15) is 0 Å². The minimum atomic E-state index is -1.39. The van der Waals surface area contributed by atoms with Gasteiger partial charge in [0, 0.05) is 12.8 Å². The summed E-state index contributed by atoms with van der Waals surface area (Å²) in [7, 11) is 0. The average molecular weight is 129 g/mol. The highest BCUT2D eigenvalue weighted by Gasteiger charge is 2.23. The summed E-state index contributed by atoms with van der Waals surface area (Å²) in [6.45, 7) is 0. The second-order valence-corrected chi connectivity index (χ2v) is 2.72. The SMILES string of the molecule is OC1(O)C[CH]CCCC1. The molecule has 1 aliphatic carbocycles. The molecule has 1 rings (SSSR count). The summed E-state index contributed by atoms with van der Waals surface area (Å²) in [5.74, 6) is -1.39. The maximum Gasteiger partial charge on any atom is 0.162 e. The van der Waals surface area contributed by atoms with Crippen LogP contribution in [-0.4, -0.2) is 16.0 Å². The summed E-state index contributed by atoms with van der Waals surface area (Å²) >= 11 is 0. The predicted molar refractivity (Wildman–Crippen MR) is 34.6 cm³/mol. The van der Waals surface area contributed by atoms with Gasteiger partial charge in [-0.3, -0.25) is 0 Å². The zero-order valence-corrected chi connectivity index (χ0v) is 5.51. The van der Waals surface area contributed by atoms with Crippen molar-refractivity contribution in [3.8, 4) is 0 Å². The van der Waals surface area contributed by atoms with Crippen molar-refractivity contribution in [2.75, 3.05) is 0 Å². The molecule has 53 valence electrons. The predicted octanol–water partition coefficient (Wildman–Crippen LogP) is 0.836. The van der Waals surface area contributed by atoms with Gasteiger partial charge in [-0.1, -0.05) is 6.42 Å². The van der Waals surface area contributed by atoms with Crippen molar-refractivity contribution < 1.29 is 10.2 Å². The number of aliphatic hydroxyl groups is 2. The lowest BCUT2D eigenvalue weighted by Crippen LogP contribution is -2.26. The first-order chi connectivity index (χ1) is 4.21. The van der Waals surface area contributed by atoms with E-state index in [0.717, 1.165) is 19.3 Å². The molecule has 2 nitrogen and oxygen atoms in total. The first-order valence-electron chi connectivity index (χ1n) is 3.47. The van der Waals surface area contributed by atoms with E-state index in [9.17, 15) is 0 Å². The van der Waals surface area contributed by atoms with Crippen molar-refractivity contribution in [3.05, 3.63) is 6.42 Å². The quantitative estimate of drug-likeness (QED) is 0.376. The molecule has 0 spiro atoms. The van der Waals surface area contributed by atoms with Crippen LogP contribution in [0.1, 0.15) is 32.1 Å². The van der Waals surface area contributed by atoms with Crippen molar-refractivity contribution in [3.63, 3.8) is 0 Å². The molecule has 2 heteroatoms. The Hall–Kier alpha value is -0.0800. The third kappa shape index (κ3) is 2.33. The highest BCUT2D eigenvalue weighted by Crippen LogP contribution is 2.23. The molecule has 0 saturated heterocycles. The molecular weight excluding hydrogens is 116 g/mol. The Kier molecular flexibility index (Phi) is 2.09. The van der Waals surface area contributed by atoms with Crippen LogP contribution >= 0.6 is 0 Å². The van der Waals surface area contributed by atoms with E-state index in [-0.39, 0.29) is 0 Å². The molecule has 0 aromatic rings. The minimum absolute atomic E-state index is 0.438. The lowest BCUT2D eigenvalue weighted by molar-refractivity contribution is -0.163. The average Bonchev–Trinajstić information content (AvgIpc) is 1.92. The van der Waals surface area contributed by atoms with Crippen LogP contribution in [0.3, 0.4) is 0 Å². The second kappa shape index (κ2) is 2.67. The van der Waals surface area contributed by atoms with Crippen LogP contribution in [-0.2, 0) is 0 Å². The summed E-state index contributed by atoms with van der Waals surface area (Å²) in [5, 5.41) is 18.2. The van der Waals surface area contributed by atoms with Crippen LogP contribution in [0.5, 0.6) is 0 Å². The van der Waals surface area contributed by atoms with Crippen LogP contribution in [0, 0.1) is 6.42 Å². The Labute approximate surface area is 55.5 Å². The Morgan fingerprint density at radius 2 is 2.00 bits per heavy atom. The molecule has 0 atom stereocenters. The van der Waals surface area contributed by atoms with Crippen molar-refractivity contribution in [2.24, 2.45) is 0 Å². The molecule has 1 fully saturated rings. The highest BCUT2D eigenvalue weighted by molar-refractivity contribution is 4.79. The first-order valence-corrected chi connectivity index (χ1v) is 3.47. The molecular formula is C7H13O2. The van der Waals surface area contributed by atoms with Crippen molar-refractivity contribution in [2.45, 2.75) is 37.9 Å². The Morgan fingerprint density at radius 1 is 1.22 bits per heavy atom. The van der Waals surface area contributed by atoms with Crippen LogP contribution < -0.4 is 0 Å². The summed E-state index contributed by atoms with van der Waals surface area (Å²) in [4.78, 5) is 0. The van der Waals surface area contributed by atoms with E-state index in [0.29, 0.717) is 12.8 Å². The third-order valence-electron chi connectivity index (χ3n) is 1.71. The van der Waals surface area contributed by atoms with E-state index < -0.39 is 5.79 Å². The van der Waals surface area contributed by atoms with Crippen molar-refractivity contribution in [1.29, 1.82) is 0 Å². The molecule has 1 saturated carbocycles. The van der Waals surface area contributed by atoms with Gasteiger partial charge in [0.05, 0.1) is 0 Å². The molecule has 0 aliphatic heterocycles. The number of hydrogen-bond acceptors (Lipinski definition) is 2. The summed E-state index contributed by atoms with van der Waals surface area (Å²) in [6, 6.07) is 0. The summed E-state index contributed by atoms with van der Waals surface area (Å²) in [6.07, 6.45) is 5.98. The smallest absolute Gasteiger partial charge is 0.162 e. The normalized spacial score (nSPS) is 27.3. The fraction of sp³-hybridized carbons (Fsp3) is 0.857. The van der Waals surface area contributed by atoms with E-state index in [1.165, 1.54) is 0 Å². The molecule has 0 unspecified atom stereocenters.